The molecule has 1 aliphatic carbocycles. The molecule has 2 aromatic rings. The van der Waals surface area contributed by atoms with Crippen molar-refractivity contribution in [2.24, 2.45) is 0 Å². The SMILES string of the molecule is CC(C)(Oc1ccc2c(c1)CC/C(=C\c1ccccc1)C2=O)C(=O)O. The highest BCUT2D eigenvalue weighted by atomic mass is 16.5. The zero-order valence-electron chi connectivity index (χ0n) is 14.3. The van der Waals surface area contributed by atoms with Gasteiger partial charge in [0.25, 0.3) is 0 Å². The summed E-state index contributed by atoms with van der Waals surface area (Å²) in [7, 11) is 0. The molecule has 0 amide bonds. The molecule has 0 fully saturated rings. The highest BCUT2D eigenvalue weighted by Gasteiger charge is 2.30. The number of aryl methyl sites for hydroxylation is 1. The molecule has 1 N–H and O–H groups in total. The summed E-state index contributed by atoms with van der Waals surface area (Å²) in [5.74, 6) is -0.544. The minimum atomic E-state index is -1.31. The van der Waals surface area contributed by atoms with Crippen molar-refractivity contribution < 1.29 is 19.4 Å². The van der Waals surface area contributed by atoms with Gasteiger partial charge in [0.1, 0.15) is 5.75 Å². The fourth-order valence-corrected chi connectivity index (χ4v) is 2.84. The van der Waals surface area contributed by atoms with Crippen molar-refractivity contribution in [1.82, 2.24) is 0 Å². The highest BCUT2D eigenvalue weighted by molar-refractivity contribution is 6.13. The van der Waals surface area contributed by atoms with E-state index in [0.717, 1.165) is 23.1 Å². The van der Waals surface area contributed by atoms with Crippen LogP contribution in [0.1, 0.15) is 41.8 Å². The molecule has 4 heteroatoms. The lowest BCUT2D eigenvalue weighted by atomic mass is 9.86. The summed E-state index contributed by atoms with van der Waals surface area (Å²) in [6, 6.07) is 14.9. The van der Waals surface area contributed by atoms with Crippen LogP contribution < -0.4 is 4.74 Å². The zero-order chi connectivity index (χ0) is 18.0. The molecule has 0 unspecified atom stereocenters. The number of Topliss-reactive ketones (excluding diaryl/α,β-unsaturated/α-hetero) is 1. The van der Waals surface area contributed by atoms with E-state index in [4.69, 9.17) is 4.74 Å². The molecule has 4 nitrogen and oxygen atoms in total. The van der Waals surface area contributed by atoms with Crippen LogP contribution in [0, 0.1) is 0 Å². The smallest absolute Gasteiger partial charge is 0.347 e. The van der Waals surface area contributed by atoms with E-state index in [9.17, 15) is 14.7 Å². The highest BCUT2D eigenvalue weighted by Crippen LogP contribution is 2.30. The van der Waals surface area contributed by atoms with Crippen LogP contribution in [0.2, 0.25) is 0 Å². The van der Waals surface area contributed by atoms with Crippen LogP contribution in [0.25, 0.3) is 6.08 Å². The van der Waals surface area contributed by atoms with Crippen molar-refractivity contribution in [3.63, 3.8) is 0 Å². The van der Waals surface area contributed by atoms with Gasteiger partial charge >= 0.3 is 5.97 Å². The first kappa shape index (κ1) is 17.0. The van der Waals surface area contributed by atoms with Crippen LogP contribution in [0.4, 0.5) is 0 Å². The molecule has 128 valence electrons. The van der Waals surface area contributed by atoms with E-state index in [0.29, 0.717) is 17.7 Å². The lowest BCUT2D eigenvalue weighted by Gasteiger charge is -2.23. The van der Waals surface area contributed by atoms with Gasteiger partial charge in [0.05, 0.1) is 0 Å². The molecular weight excluding hydrogens is 316 g/mol. The normalized spacial score (nSPS) is 15.8. The maximum absolute atomic E-state index is 12.7. The van der Waals surface area contributed by atoms with Gasteiger partial charge in [-0.25, -0.2) is 4.79 Å². The molecule has 0 saturated carbocycles. The molecule has 0 saturated heterocycles. The average molecular weight is 336 g/mol. The van der Waals surface area contributed by atoms with Gasteiger partial charge in [0.2, 0.25) is 0 Å². The summed E-state index contributed by atoms with van der Waals surface area (Å²) >= 11 is 0. The Balaban J connectivity index is 1.86. The third-order valence-corrected chi connectivity index (χ3v) is 4.31. The van der Waals surface area contributed by atoms with E-state index in [-0.39, 0.29) is 5.78 Å². The van der Waals surface area contributed by atoms with Gasteiger partial charge in [-0.05, 0) is 62.1 Å². The molecule has 0 heterocycles. The minimum Gasteiger partial charge on any atom is -0.478 e. The van der Waals surface area contributed by atoms with Crippen LogP contribution in [0.5, 0.6) is 5.75 Å². The molecule has 1 aliphatic rings. The number of carbonyl (C=O) groups excluding carboxylic acids is 1. The van der Waals surface area contributed by atoms with E-state index in [2.05, 4.69) is 0 Å². The van der Waals surface area contributed by atoms with Crippen LogP contribution in [0.3, 0.4) is 0 Å². The number of allylic oxidation sites excluding steroid dienone is 1. The topological polar surface area (TPSA) is 63.6 Å². The first-order chi connectivity index (χ1) is 11.9. The van der Waals surface area contributed by atoms with E-state index in [1.165, 1.54) is 13.8 Å². The van der Waals surface area contributed by atoms with Crippen LogP contribution in [0.15, 0.2) is 54.1 Å². The minimum absolute atomic E-state index is 0.0224. The Morgan fingerprint density at radius 1 is 1.12 bits per heavy atom. The Kier molecular flexibility index (Phi) is 4.45. The molecule has 0 aromatic heterocycles. The number of ether oxygens (including phenoxy) is 1. The van der Waals surface area contributed by atoms with Crippen LogP contribution in [-0.2, 0) is 11.2 Å². The number of benzene rings is 2. The summed E-state index contributed by atoms with van der Waals surface area (Å²) in [6.07, 6.45) is 3.32. The van der Waals surface area contributed by atoms with Crippen molar-refractivity contribution >= 4 is 17.8 Å². The molecule has 0 atom stereocenters. The second-order valence-electron chi connectivity index (χ2n) is 6.65. The third-order valence-electron chi connectivity index (χ3n) is 4.31. The first-order valence-electron chi connectivity index (χ1n) is 8.22. The number of ketones is 1. The monoisotopic (exact) mass is 336 g/mol. The summed E-state index contributed by atoms with van der Waals surface area (Å²) in [5, 5.41) is 9.17. The molecule has 0 aliphatic heterocycles. The van der Waals surface area contributed by atoms with E-state index in [1.807, 2.05) is 36.4 Å². The van der Waals surface area contributed by atoms with Crippen molar-refractivity contribution in [2.45, 2.75) is 32.3 Å². The Bertz CT molecular complexity index is 847. The van der Waals surface area contributed by atoms with Gasteiger partial charge in [-0.3, -0.25) is 4.79 Å². The number of rotatable bonds is 4. The van der Waals surface area contributed by atoms with Crippen molar-refractivity contribution in [1.29, 1.82) is 0 Å². The van der Waals surface area contributed by atoms with E-state index in [1.54, 1.807) is 18.2 Å². The Labute approximate surface area is 146 Å². The molecule has 2 aromatic carbocycles. The lowest BCUT2D eigenvalue weighted by molar-refractivity contribution is -0.152. The van der Waals surface area contributed by atoms with Gasteiger partial charge in [-0.15, -0.1) is 0 Å². The Morgan fingerprint density at radius 3 is 2.52 bits per heavy atom. The number of carboxylic acids is 1. The summed E-state index contributed by atoms with van der Waals surface area (Å²) in [6.45, 7) is 3.00. The lowest BCUT2D eigenvalue weighted by Crippen LogP contribution is -2.37. The van der Waals surface area contributed by atoms with Crippen molar-refractivity contribution in [3.05, 3.63) is 70.8 Å². The number of carbonyl (C=O) groups is 2. The molecule has 0 spiro atoms. The Hall–Kier alpha value is -2.88. The second kappa shape index (κ2) is 6.55. The summed E-state index contributed by atoms with van der Waals surface area (Å²) in [4.78, 5) is 23.9. The standard InChI is InChI=1S/C21H20O4/c1-21(2,20(23)24)25-17-10-11-18-15(13-17)8-9-16(19(18)22)12-14-6-4-3-5-7-14/h3-7,10-13H,8-9H2,1-2H3,(H,23,24)/b16-12+. The molecule has 0 bridgehead atoms. The predicted molar refractivity (Wildman–Crippen MR) is 95.9 cm³/mol. The van der Waals surface area contributed by atoms with Gasteiger partial charge in [-0.2, -0.15) is 0 Å². The molecule has 25 heavy (non-hydrogen) atoms. The van der Waals surface area contributed by atoms with Crippen LogP contribution in [-0.4, -0.2) is 22.5 Å². The van der Waals surface area contributed by atoms with E-state index >= 15 is 0 Å². The third kappa shape index (κ3) is 3.63. The zero-order valence-corrected chi connectivity index (χ0v) is 14.3. The fraction of sp³-hybridized carbons (Fsp3) is 0.238. The van der Waals surface area contributed by atoms with Gasteiger partial charge in [0.15, 0.2) is 11.4 Å². The van der Waals surface area contributed by atoms with Crippen molar-refractivity contribution in [2.75, 3.05) is 0 Å². The second-order valence-corrected chi connectivity index (χ2v) is 6.65. The fourth-order valence-electron chi connectivity index (χ4n) is 2.84. The summed E-state index contributed by atoms with van der Waals surface area (Å²) in [5.41, 5.74) is 2.05. The maximum atomic E-state index is 12.7. The average Bonchev–Trinajstić information content (AvgIpc) is 2.58. The van der Waals surface area contributed by atoms with Crippen molar-refractivity contribution in [3.8, 4) is 5.75 Å². The van der Waals surface area contributed by atoms with Crippen LogP contribution >= 0.6 is 0 Å². The molecule has 3 rings (SSSR count). The number of carboxylic acid groups (broad SMARTS) is 1. The molecular formula is C21H20O4. The van der Waals surface area contributed by atoms with Gasteiger partial charge < -0.3 is 9.84 Å². The van der Waals surface area contributed by atoms with E-state index < -0.39 is 11.6 Å². The number of aliphatic carboxylic acids is 1. The number of hydrogen-bond acceptors (Lipinski definition) is 3. The maximum Gasteiger partial charge on any atom is 0.347 e. The van der Waals surface area contributed by atoms with Gasteiger partial charge in [0, 0.05) is 11.1 Å². The Morgan fingerprint density at radius 2 is 1.84 bits per heavy atom. The first-order valence-corrected chi connectivity index (χ1v) is 8.22. The van der Waals surface area contributed by atoms with Gasteiger partial charge in [-0.1, -0.05) is 30.3 Å². The quantitative estimate of drug-likeness (QED) is 0.852. The number of hydrogen-bond donors (Lipinski definition) is 1. The number of fused-ring (bicyclic) bond motifs is 1. The largest absolute Gasteiger partial charge is 0.478 e. The summed E-state index contributed by atoms with van der Waals surface area (Å²) < 4.78 is 5.56. The molecule has 0 radical (unpaired) electrons. The predicted octanol–water partition coefficient (Wildman–Crippen LogP) is 4.14.